The lowest BCUT2D eigenvalue weighted by Crippen LogP contribution is -2.55. The number of benzene rings is 2. The summed E-state index contributed by atoms with van der Waals surface area (Å²) in [6, 6.07) is 18.3. The summed E-state index contributed by atoms with van der Waals surface area (Å²) in [7, 11) is 0. The molecule has 0 bridgehead atoms. The second-order valence-electron chi connectivity index (χ2n) is 8.39. The maximum Gasteiger partial charge on any atom is 0.327 e. The molecule has 0 spiro atoms. The average molecular weight is 506 g/mol. The van der Waals surface area contributed by atoms with Crippen molar-refractivity contribution in [1.82, 2.24) is 15.2 Å². The van der Waals surface area contributed by atoms with Crippen molar-refractivity contribution in [2.75, 3.05) is 11.6 Å². The third kappa shape index (κ3) is 6.71. The Balaban J connectivity index is 1.50. The number of carboxylic acid groups (broad SMARTS) is 1. The van der Waals surface area contributed by atoms with Crippen LogP contribution in [0.1, 0.15) is 16.7 Å². The number of nitrogens with zero attached hydrogens (tertiary/aromatic N) is 2. The fourth-order valence-corrected chi connectivity index (χ4v) is 4.84. The van der Waals surface area contributed by atoms with Crippen molar-refractivity contribution in [1.29, 1.82) is 0 Å². The van der Waals surface area contributed by atoms with Crippen LogP contribution in [-0.2, 0) is 33.8 Å². The van der Waals surface area contributed by atoms with Crippen LogP contribution in [0.4, 0.5) is 0 Å². The Kier molecular flexibility index (Phi) is 8.70. The third-order valence-corrected chi connectivity index (χ3v) is 6.74. The molecule has 4 rings (SSSR count). The molecule has 2 amide bonds. The molecule has 0 unspecified atom stereocenters. The molecule has 2 aromatic carbocycles. The van der Waals surface area contributed by atoms with Crippen LogP contribution in [0.15, 0.2) is 79.1 Å². The summed E-state index contributed by atoms with van der Waals surface area (Å²) in [5, 5.41) is 13.1. The van der Waals surface area contributed by atoms with E-state index in [9.17, 15) is 19.5 Å². The zero-order valence-electron chi connectivity index (χ0n) is 19.6. The average Bonchev–Trinajstić information content (AvgIpc) is 3.44. The first-order valence-electron chi connectivity index (χ1n) is 11.6. The molecule has 0 saturated carbocycles. The first-order valence-corrected chi connectivity index (χ1v) is 12.7. The molecule has 8 nitrogen and oxygen atoms in total. The fourth-order valence-electron chi connectivity index (χ4n) is 3.91. The van der Waals surface area contributed by atoms with Gasteiger partial charge in [0.1, 0.15) is 18.4 Å². The van der Waals surface area contributed by atoms with Crippen LogP contribution in [0.25, 0.3) is 0 Å². The normalized spacial score (nSPS) is 15.7. The SMILES string of the molecule is O=C(O)[C@H](Cc1ccc(OCc2ccccc2)cc1)N(C(=O)Cc1cccnc1)C(=O)[C@@H]1CSCN1. The number of carbonyl (C=O) groups excluding carboxylic acids is 2. The highest BCUT2D eigenvalue weighted by atomic mass is 32.2. The van der Waals surface area contributed by atoms with E-state index in [0.29, 0.717) is 35.1 Å². The third-order valence-electron chi connectivity index (χ3n) is 5.80. The van der Waals surface area contributed by atoms with Crippen molar-refractivity contribution >= 4 is 29.5 Å². The lowest BCUT2D eigenvalue weighted by molar-refractivity contribution is -0.158. The molecule has 1 aliphatic rings. The molecule has 1 aliphatic heterocycles. The van der Waals surface area contributed by atoms with Crippen LogP contribution in [0.5, 0.6) is 5.75 Å². The predicted molar refractivity (Wildman–Crippen MR) is 136 cm³/mol. The monoisotopic (exact) mass is 505 g/mol. The molecule has 1 saturated heterocycles. The number of thioether (sulfide) groups is 1. The molecule has 186 valence electrons. The van der Waals surface area contributed by atoms with E-state index in [1.54, 1.807) is 42.6 Å². The summed E-state index contributed by atoms with van der Waals surface area (Å²) in [6.07, 6.45) is 2.99. The molecule has 1 aromatic heterocycles. The topological polar surface area (TPSA) is 109 Å². The minimum absolute atomic E-state index is 0.0152. The number of aromatic nitrogens is 1. The maximum atomic E-state index is 13.3. The number of hydrogen-bond donors (Lipinski definition) is 2. The highest BCUT2D eigenvalue weighted by molar-refractivity contribution is 7.99. The number of nitrogens with one attached hydrogen (secondary N) is 1. The molecule has 2 atom stereocenters. The highest BCUT2D eigenvalue weighted by Crippen LogP contribution is 2.20. The Hall–Kier alpha value is -3.69. The number of pyridine rings is 1. The summed E-state index contributed by atoms with van der Waals surface area (Å²) in [5.41, 5.74) is 2.32. The van der Waals surface area contributed by atoms with E-state index in [1.165, 1.54) is 18.0 Å². The number of carboxylic acids is 1. The van der Waals surface area contributed by atoms with Crippen molar-refractivity contribution in [2.24, 2.45) is 0 Å². The highest BCUT2D eigenvalue weighted by Gasteiger charge is 2.39. The summed E-state index contributed by atoms with van der Waals surface area (Å²) in [5.74, 6) is -0.635. The molecule has 0 radical (unpaired) electrons. The lowest BCUT2D eigenvalue weighted by Gasteiger charge is -2.29. The second-order valence-corrected chi connectivity index (χ2v) is 9.42. The van der Waals surface area contributed by atoms with Crippen molar-refractivity contribution in [3.63, 3.8) is 0 Å². The predicted octanol–water partition coefficient (Wildman–Crippen LogP) is 2.92. The van der Waals surface area contributed by atoms with Gasteiger partial charge in [-0.1, -0.05) is 48.5 Å². The van der Waals surface area contributed by atoms with Crippen LogP contribution in [-0.4, -0.2) is 56.5 Å². The molecule has 9 heteroatoms. The molecular formula is C27H27N3O5S. The number of amides is 2. The van der Waals surface area contributed by atoms with E-state index >= 15 is 0 Å². The molecular weight excluding hydrogens is 478 g/mol. The fraction of sp³-hybridized carbons (Fsp3) is 0.259. The largest absolute Gasteiger partial charge is 0.489 e. The van der Waals surface area contributed by atoms with E-state index in [2.05, 4.69) is 10.3 Å². The van der Waals surface area contributed by atoms with Gasteiger partial charge < -0.3 is 9.84 Å². The zero-order chi connectivity index (χ0) is 25.3. The van der Waals surface area contributed by atoms with Crippen LogP contribution in [0.3, 0.4) is 0 Å². The number of carbonyl (C=O) groups is 3. The lowest BCUT2D eigenvalue weighted by atomic mass is 10.0. The van der Waals surface area contributed by atoms with Gasteiger partial charge in [-0.2, -0.15) is 0 Å². The van der Waals surface area contributed by atoms with E-state index in [1.807, 2.05) is 30.3 Å². The smallest absolute Gasteiger partial charge is 0.327 e. The van der Waals surface area contributed by atoms with Gasteiger partial charge in [-0.25, -0.2) is 4.79 Å². The Labute approximate surface area is 213 Å². The number of hydrogen-bond acceptors (Lipinski definition) is 7. The van der Waals surface area contributed by atoms with Crippen LogP contribution in [0.2, 0.25) is 0 Å². The Morgan fingerprint density at radius 3 is 2.42 bits per heavy atom. The van der Waals surface area contributed by atoms with E-state index < -0.39 is 29.9 Å². The number of ether oxygens (including phenoxy) is 1. The van der Waals surface area contributed by atoms with Crippen molar-refractivity contribution in [3.8, 4) is 5.75 Å². The number of aliphatic carboxylic acids is 1. The first-order chi connectivity index (χ1) is 17.5. The van der Waals surface area contributed by atoms with Crippen molar-refractivity contribution < 1.29 is 24.2 Å². The van der Waals surface area contributed by atoms with Gasteiger partial charge in [0, 0.05) is 30.4 Å². The van der Waals surface area contributed by atoms with Crippen LogP contribution >= 0.6 is 11.8 Å². The summed E-state index contributed by atoms with van der Waals surface area (Å²) >= 11 is 1.53. The van der Waals surface area contributed by atoms with Crippen molar-refractivity contribution in [3.05, 3.63) is 95.8 Å². The quantitative estimate of drug-likeness (QED) is 0.433. The number of rotatable bonds is 10. The van der Waals surface area contributed by atoms with Crippen LogP contribution in [0, 0.1) is 0 Å². The summed E-state index contributed by atoms with van der Waals surface area (Å²) < 4.78 is 5.81. The Morgan fingerprint density at radius 2 is 1.78 bits per heavy atom. The zero-order valence-corrected chi connectivity index (χ0v) is 20.4. The summed E-state index contributed by atoms with van der Waals surface area (Å²) in [4.78, 5) is 43.9. The van der Waals surface area contributed by atoms with E-state index in [0.717, 1.165) is 10.5 Å². The molecule has 1 fully saturated rings. The van der Waals surface area contributed by atoms with Crippen molar-refractivity contribution in [2.45, 2.75) is 31.5 Å². The van der Waals surface area contributed by atoms with E-state index in [4.69, 9.17) is 4.74 Å². The van der Waals surface area contributed by atoms with Gasteiger partial charge in [0.25, 0.3) is 0 Å². The molecule has 36 heavy (non-hydrogen) atoms. The second kappa shape index (κ2) is 12.3. The Bertz CT molecular complexity index is 1170. The number of imide groups is 1. The first kappa shape index (κ1) is 25.4. The van der Waals surface area contributed by atoms with Gasteiger partial charge in [0.05, 0.1) is 12.5 Å². The van der Waals surface area contributed by atoms with Gasteiger partial charge in [-0.3, -0.25) is 24.8 Å². The molecule has 0 aliphatic carbocycles. The minimum atomic E-state index is -1.34. The van der Waals surface area contributed by atoms with Gasteiger partial charge in [0.2, 0.25) is 11.8 Å². The van der Waals surface area contributed by atoms with Crippen LogP contribution < -0.4 is 10.1 Å². The van der Waals surface area contributed by atoms with E-state index in [-0.39, 0.29) is 12.8 Å². The standard InChI is InChI=1S/C27H27N3O5S/c31-25(14-21-7-4-12-28-15-21)30(26(32)23-17-36-18-29-23)24(27(33)34)13-19-8-10-22(11-9-19)35-16-20-5-2-1-3-6-20/h1-12,15,23-24,29H,13-14,16-18H2,(H,33,34)/t23-,24-/m0/s1. The maximum absolute atomic E-state index is 13.3. The summed E-state index contributed by atoms with van der Waals surface area (Å²) in [6.45, 7) is 0.412. The van der Waals surface area contributed by atoms with Gasteiger partial charge in [-0.05, 0) is 34.9 Å². The Morgan fingerprint density at radius 1 is 1.03 bits per heavy atom. The van der Waals surface area contributed by atoms with Gasteiger partial charge in [-0.15, -0.1) is 11.8 Å². The van der Waals surface area contributed by atoms with Gasteiger partial charge >= 0.3 is 5.97 Å². The molecule has 2 heterocycles. The molecule has 3 aromatic rings. The van der Waals surface area contributed by atoms with Gasteiger partial charge in [0.15, 0.2) is 0 Å². The minimum Gasteiger partial charge on any atom is -0.489 e. The molecule has 2 N–H and O–H groups in total.